The highest BCUT2D eigenvalue weighted by molar-refractivity contribution is 7.14. The molecule has 2 aliphatic heterocycles. The van der Waals surface area contributed by atoms with Gasteiger partial charge in [-0.05, 0) is 79.5 Å². The Labute approximate surface area is 224 Å². The zero-order chi connectivity index (χ0) is 26.4. The fraction of sp³-hybridized carbons (Fsp3) is 0.414. The molecule has 3 aromatic rings. The lowest BCUT2D eigenvalue weighted by atomic mass is 10.0. The molecule has 2 aromatic carbocycles. The Morgan fingerprint density at radius 3 is 2.58 bits per heavy atom. The number of halogens is 1. The van der Waals surface area contributed by atoms with Gasteiger partial charge in [-0.2, -0.15) is 0 Å². The fourth-order valence-corrected chi connectivity index (χ4v) is 6.68. The quantitative estimate of drug-likeness (QED) is 0.446. The van der Waals surface area contributed by atoms with Crippen LogP contribution in [0.3, 0.4) is 0 Å². The monoisotopic (exact) mass is 535 g/mol. The summed E-state index contributed by atoms with van der Waals surface area (Å²) in [5.41, 5.74) is 3.84. The molecule has 1 aliphatic carbocycles. The summed E-state index contributed by atoms with van der Waals surface area (Å²) >= 11 is 1.47. The minimum Gasteiger partial charge on any atom is -0.488 e. The number of aliphatic carboxylic acids is 1. The number of benzene rings is 2. The van der Waals surface area contributed by atoms with Crippen molar-refractivity contribution < 1.29 is 23.8 Å². The van der Waals surface area contributed by atoms with Gasteiger partial charge in [-0.3, -0.25) is 9.59 Å². The third-order valence-corrected chi connectivity index (χ3v) is 8.98. The first kappa shape index (κ1) is 24.9. The van der Waals surface area contributed by atoms with Crippen LogP contribution >= 0.6 is 11.3 Å². The molecule has 3 aliphatic rings. The number of carboxylic acids is 1. The minimum absolute atomic E-state index is 0.0780. The number of nitrogens with zero attached hydrogens (tertiary/aromatic N) is 3. The molecule has 0 bridgehead atoms. The molecule has 2 unspecified atom stereocenters. The van der Waals surface area contributed by atoms with Crippen molar-refractivity contribution in [1.82, 2.24) is 9.88 Å². The number of anilines is 1. The van der Waals surface area contributed by atoms with Crippen molar-refractivity contribution >= 4 is 28.3 Å². The highest BCUT2D eigenvalue weighted by atomic mass is 32.1. The third-order valence-electron chi connectivity index (χ3n) is 8.08. The molecule has 1 N–H and O–H groups in total. The highest BCUT2D eigenvalue weighted by Crippen LogP contribution is 2.53. The van der Waals surface area contributed by atoms with Gasteiger partial charge in [0, 0.05) is 42.7 Å². The Kier molecular flexibility index (Phi) is 6.55. The van der Waals surface area contributed by atoms with Gasteiger partial charge in [-0.15, -0.1) is 11.3 Å². The van der Waals surface area contributed by atoms with Gasteiger partial charge < -0.3 is 19.6 Å². The largest absolute Gasteiger partial charge is 0.488 e. The maximum absolute atomic E-state index is 14.2. The van der Waals surface area contributed by atoms with Crippen LogP contribution in [0.2, 0.25) is 0 Å². The molecule has 0 radical (unpaired) electrons. The number of carbonyl (C=O) groups excluding carboxylic acids is 1. The maximum atomic E-state index is 14.2. The van der Waals surface area contributed by atoms with E-state index in [2.05, 4.69) is 4.90 Å². The predicted octanol–water partition coefficient (Wildman–Crippen LogP) is 5.23. The summed E-state index contributed by atoms with van der Waals surface area (Å²) in [7, 11) is 0. The summed E-state index contributed by atoms with van der Waals surface area (Å²) in [4.78, 5) is 32.9. The molecule has 7 nitrogen and oxygen atoms in total. The summed E-state index contributed by atoms with van der Waals surface area (Å²) in [6.07, 6.45) is 3.29. The molecule has 0 spiro atoms. The van der Waals surface area contributed by atoms with E-state index in [0.29, 0.717) is 35.7 Å². The third kappa shape index (κ3) is 4.75. The number of hydrogen-bond donors (Lipinski definition) is 1. The minimum atomic E-state index is -0.709. The van der Waals surface area contributed by atoms with Crippen LogP contribution in [0.15, 0.2) is 41.8 Å². The predicted molar refractivity (Wildman–Crippen MR) is 143 cm³/mol. The van der Waals surface area contributed by atoms with E-state index < -0.39 is 5.97 Å². The van der Waals surface area contributed by atoms with E-state index in [9.17, 15) is 19.1 Å². The average molecular weight is 536 g/mol. The standard InChI is InChI=1S/C29H30FN3O4S/c1-17-11-18(27(34)32-9-3-2-4-10-32)5-6-19(17)15-37-25-8-7-20(30)12-21(25)24-16-38-29(31-24)33-13-22-23(14-33)26(22)28(35)36/h5-8,11-12,16,22-23,26H,2-4,9-10,13-15H2,1H3,(H,35,36). The number of amides is 1. The van der Waals surface area contributed by atoms with E-state index in [0.717, 1.165) is 42.2 Å². The number of hydrogen-bond acceptors (Lipinski definition) is 6. The van der Waals surface area contributed by atoms with E-state index in [1.165, 1.54) is 29.9 Å². The van der Waals surface area contributed by atoms with Crippen molar-refractivity contribution in [3.05, 3.63) is 64.3 Å². The van der Waals surface area contributed by atoms with E-state index in [4.69, 9.17) is 9.72 Å². The summed E-state index contributed by atoms with van der Waals surface area (Å²) in [6, 6.07) is 10.1. The number of carbonyl (C=O) groups is 2. The van der Waals surface area contributed by atoms with Gasteiger partial charge in [-0.1, -0.05) is 6.07 Å². The Morgan fingerprint density at radius 2 is 1.87 bits per heavy atom. The number of aryl methyl sites for hydroxylation is 1. The van der Waals surface area contributed by atoms with Crippen LogP contribution in [-0.4, -0.2) is 53.0 Å². The molecule has 2 atom stereocenters. The zero-order valence-corrected chi connectivity index (χ0v) is 22.0. The number of aromatic nitrogens is 1. The molecule has 3 fully saturated rings. The van der Waals surface area contributed by atoms with Crippen molar-refractivity contribution in [2.75, 3.05) is 31.1 Å². The molecule has 198 valence electrons. The Balaban J connectivity index is 1.15. The smallest absolute Gasteiger partial charge is 0.307 e. The van der Waals surface area contributed by atoms with Crippen LogP contribution in [0.5, 0.6) is 5.75 Å². The SMILES string of the molecule is Cc1cc(C(=O)N2CCCCC2)ccc1COc1ccc(F)cc1-c1csc(N2CC3C(C2)C3C(=O)O)n1. The maximum Gasteiger partial charge on any atom is 0.307 e. The van der Waals surface area contributed by atoms with Crippen molar-refractivity contribution in [3.63, 3.8) is 0 Å². The number of likely N-dealkylation sites (tertiary alicyclic amines) is 1. The van der Waals surface area contributed by atoms with Crippen molar-refractivity contribution in [2.24, 2.45) is 17.8 Å². The van der Waals surface area contributed by atoms with Gasteiger partial charge in [0.15, 0.2) is 5.13 Å². The summed E-state index contributed by atoms with van der Waals surface area (Å²) in [6.45, 7) is 5.27. The molecule has 1 aromatic heterocycles. The fourth-order valence-electron chi connectivity index (χ4n) is 5.84. The second-order valence-corrected chi connectivity index (χ2v) is 11.4. The van der Waals surface area contributed by atoms with E-state index in [-0.39, 0.29) is 36.1 Å². The number of ether oxygens (including phenoxy) is 1. The highest BCUT2D eigenvalue weighted by Gasteiger charge is 2.60. The van der Waals surface area contributed by atoms with Crippen LogP contribution in [-0.2, 0) is 11.4 Å². The average Bonchev–Trinajstić information content (AvgIpc) is 3.23. The molecule has 9 heteroatoms. The van der Waals surface area contributed by atoms with Crippen LogP contribution in [0, 0.1) is 30.5 Å². The second kappa shape index (κ2) is 10.0. The van der Waals surface area contributed by atoms with Crippen molar-refractivity contribution in [2.45, 2.75) is 32.8 Å². The molecule has 2 saturated heterocycles. The van der Waals surface area contributed by atoms with Crippen LogP contribution in [0.1, 0.15) is 40.7 Å². The Bertz CT molecular complexity index is 1370. The van der Waals surface area contributed by atoms with Gasteiger partial charge >= 0.3 is 5.97 Å². The molecular weight excluding hydrogens is 505 g/mol. The second-order valence-electron chi connectivity index (χ2n) is 10.5. The lowest BCUT2D eigenvalue weighted by Crippen LogP contribution is -2.35. The van der Waals surface area contributed by atoms with E-state index in [1.807, 2.05) is 35.4 Å². The normalized spacial score (nSPS) is 22.3. The zero-order valence-electron chi connectivity index (χ0n) is 21.2. The summed E-state index contributed by atoms with van der Waals surface area (Å²) in [5.74, 6) is -0.310. The summed E-state index contributed by atoms with van der Waals surface area (Å²) < 4.78 is 20.4. The van der Waals surface area contributed by atoms with Gasteiger partial charge in [0.2, 0.25) is 0 Å². The van der Waals surface area contributed by atoms with Crippen LogP contribution < -0.4 is 9.64 Å². The van der Waals surface area contributed by atoms with Crippen LogP contribution in [0.4, 0.5) is 9.52 Å². The molecule has 1 saturated carbocycles. The van der Waals surface area contributed by atoms with Gasteiger partial charge in [-0.25, -0.2) is 9.37 Å². The lowest BCUT2D eigenvalue weighted by Gasteiger charge is -2.27. The topological polar surface area (TPSA) is 83.0 Å². The Hall–Kier alpha value is -3.46. The van der Waals surface area contributed by atoms with Crippen LogP contribution in [0.25, 0.3) is 11.3 Å². The molecule has 3 heterocycles. The number of carboxylic acid groups (broad SMARTS) is 1. The molecule has 1 amide bonds. The summed E-state index contributed by atoms with van der Waals surface area (Å²) in [5, 5.41) is 12.0. The van der Waals surface area contributed by atoms with Crippen molar-refractivity contribution in [3.8, 4) is 17.0 Å². The molecule has 38 heavy (non-hydrogen) atoms. The first-order chi connectivity index (χ1) is 18.4. The molecule has 6 rings (SSSR count). The number of piperidine rings is 2. The number of thiazole rings is 1. The first-order valence-corrected chi connectivity index (χ1v) is 14.0. The van der Waals surface area contributed by atoms with Crippen molar-refractivity contribution in [1.29, 1.82) is 0 Å². The van der Waals surface area contributed by atoms with E-state index >= 15 is 0 Å². The first-order valence-electron chi connectivity index (χ1n) is 13.1. The van der Waals surface area contributed by atoms with E-state index in [1.54, 1.807) is 6.07 Å². The Morgan fingerprint density at radius 1 is 1.11 bits per heavy atom. The van der Waals surface area contributed by atoms with Gasteiger partial charge in [0.25, 0.3) is 5.91 Å². The lowest BCUT2D eigenvalue weighted by molar-refractivity contribution is -0.139. The van der Waals surface area contributed by atoms with Gasteiger partial charge in [0.1, 0.15) is 18.2 Å². The number of fused-ring (bicyclic) bond motifs is 1. The number of rotatable bonds is 7. The molecular formula is C29H30FN3O4S. The van der Waals surface area contributed by atoms with Gasteiger partial charge in [0.05, 0.1) is 11.6 Å².